The topological polar surface area (TPSA) is 55.9 Å². The number of aromatic nitrogens is 2. The van der Waals surface area contributed by atoms with Gasteiger partial charge in [-0.3, -0.25) is 16.0 Å². The highest BCUT2D eigenvalue weighted by Gasteiger charge is 2.30. The van der Waals surface area contributed by atoms with Crippen molar-refractivity contribution >= 4 is 0 Å². The minimum absolute atomic E-state index is 0.169. The molecule has 0 saturated carbocycles. The second-order valence-electron chi connectivity index (χ2n) is 5.76. The van der Waals surface area contributed by atoms with Gasteiger partial charge in [-0.25, -0.2) is 0 Å². The third kappa shape index (κ3) is 2.05. The van der Waals surface area contributed by atoms with E-state index in [1.165, 1.54) is 22.4 Å². The van der Waals surface area contributed by atoms with Gasteiger partial charge in [0.25, 0.3) is 0 Å². The highest BCUT2D eigenvalue weighted by Crippen LogP contribution is 2.41. The Morgan fingerprint density at radius 2 is 2.15 bits per heavy atom. The van der Waals surface area contributed by atoms with E-state index in [4.69, 9.17) is 5.84 Å². The fraction of sp³-hybridized carbons (Fsp3) is 0.438. The van der Waals surface area contributed by atoms with Gasteiger partial charge in [-0.05, 0) is 43.7 Å². The lowest BCUT2D eigenvalue weighted by atomic mass is 9.73. The zero-order valence-electron chi connectivity index (χ0n) is 12.4. The third-order valence-electron chi connectivity index (χ3n) is 4.60. The summed E-state index contributed by atoms with van der Waals surface area (Å²) in [6.07, 6.45) is 2.19. The number of nitrogens with zero attached hydrogens (tertiary/aromatic N) is 2. The van der Waals surface area contributed by atoms with E-state index >= 15 is 0 Å². The zero-order chi connectivity index (χ0) is 14.3. The molecule has 0 bridgehead atoms. The highest BCUT2D eigenvalue weighted by molar-refractivity contribution is 5.40. The summed E-state index contributed by atoms with van der Waals surface area (Å²) in [5, 5.41) is 4.50. The van der Waals surface area contributed by atoms with Crippen LogP contribution in [0, 0.1) is 13.8 Å². The smallest absolute Gasteiger partial charge is 0.0644 e. The quantitative estimate of drug-likeness (QED) is 0.662. The van der Waals surface area contributed by atoms with E-state index in [0.717, 1.165) is 18.5 Å². The standard InChI is InChI=1S/C16H22N4/c1-10-16(11(2)20(3)19-10)15(18-17)9-13-8-12-6-4-5-7-14(12)13/h4-7,13,15,18H,8-9,17H2,1-3H3. The molecule has 0 fully saturated rings. The number of fused-ring (bicyclic) bond motifs is 1. The fourth-order valence-corrected chi connectivity index (χ4v) is 3.42. The van der Waals surface area contributed by atoms with Crippen molar-refractivity contribution in [2.24, 2.45) is 12.9 Å². The fourth-order valence-electron chi connectivity index (χ4n) is 3.42. The molecule has 4 nitrogen and oxygen atoms in total. The number of rotatable bonds is 4. The molecule has 2 aromatic rings. The lowest BCUT2D eigenvalue weighted by Gasteiger charge is -2.33. The Kier molecular flexibility index (Phi) is 3.36. The average Bonchev–Trinajstić information content (AvgIpc) is 2.66. The molecule has 4 heteroatoms. The molecular weight excluding hydrogens is 248 g/mol. The van der Waals surface area contributed by atoms with Gasteiger partial charge in [0.1, 0.15) is 0 Å². The molecule has 1 aromatic heterocycles. The minimum atomic E-state index is 0.169. The largest absolute Gasteiger partial charge is 0.272 e. The zero-order valence-corrected chi connectivity index (χ0v) is 12.4. The maximum Gasteiger partial charge on any atom is 0.0644 e. The van der Waals surface area contributed by atoms with Gasteiger partial charge >= 0.3 is 0 Å². The second kappa shape index (κ2) is 5.04. The summed E-state index contributed by atoms with van der Waals surface area (Å²) in [7, 11) is 1.98. The van der Waals surface area contributed by atoms with E-state index in [0.29, 0.717) is 5.92 Å². The van der Waals surface area contributed by atoms with Crippen LogP contribution in [0.3, 0.4) is 0 Å². The van der Waals surface area contributed by atoms with E-state index in [-0.39, 0.29) is 6.04 Å². The van der Waals surface area contributed by atoms with Crippen molar-refractivity contribution < 1.29 is 0 Å². The van der Waals surface area contributed by atoms with Crippen molar-refractivity contribution in [3.63, 3.8) is 0 Å². The van der Waals surface area contributed by atoms with Crippen LogP contribution in [0.4, 0.5) is 0 Å². The molecule has 1 aliphatic carbocycles. The first-order chi connectivity index (χ1) is 9.61. The van der Waals surface area contributed by atoms with Crippen LogP contribution in [0.2, 0.25) is 0 Å². The highest BCUT2D eigenvalue weighted by atomic mass is 15.3. The van der Waals surface area contributed by atoms with Crippen molar-refractivity contribution in [3.05, 3.63) is 52.3 Å². The molecule has 20 heavy (non-hydrogen) atoms. The lowest BCUT2D eigenvalue weighted by Crippen LogP contribution is -2.32. The number of nitrogens with two attached hydrogens (primary N) is 1. The van der Waals surface area contributed by atoms with Gasteiger partial charge in [-0.1, -0.05) is 24.3 Å². The van der Waals surface area contributed by atoms with Gasteiger partial charge in [0.05, 0.1) is 11.7 Å². The molecule has 2 unspecified atom stereocenters. The molecule has 3 N–H and O–H groups in total. The van der Waals surface area contributed by atoms with Gasteiger partial charge in [-0.2, -0.15) is 5.10 Å². The SMILES string of the molecule is Cc1nn(C)c(C)c1C(CC1Cc2ccccc21)NN. The van der Waals surface area contributed by atoms with Crippen molar-refractivity contribution in [2.45, 2.75) is 38.6 Å². The molecule has 0 saturated heterocycles. The molecule has 1 heterocycles. The molecule has 0 radical (unpaired) electrons. The summed E-state index contributed by atoms with van der Waals surface area (Å²) in [6.45, 7) is 4.16. The van der Waals surface area contributed by atoms with Gasteiger partial charge in [-0.15, -0.1) is 0 Å². The Hall–Kier alpha value is -1.65. The Bertz CT molecular complexity index is 629. The van der Waals surface area contributed by atoms with Crippen LogP contribution in [-0.2, 0) is 13.5 Å². The van der Waals surface area contributed by atoms with Gasteiger partial charge < -0.3 is 0 Å². The molecule has 0 amide bonds. The summed E-state index contributed by atoms with van der Waals surface area (Å²) in [4.78, 5) is 0. The van der Waals surface area contributed by atoms with Gasteiger partial charge in [0, 0.05) is 18.3 Å². The molecule has 2 atom stereocenters. The van der Waals surface area contributed by atoms with Gasteiger partial charge in [0.2, 0.25) is 0 Å². The van der Waals surface area contributed by atoms with Crippen molar-refractivity contribution in [1.82, 2.24) is 15.2 Å². The number of nitrogens with one attached hydrogen (secondary N) is 1. The lowest BCUT2D eigenvalue weighted by molar-refractivity contribution is 0.432. The van der Waals surface area contributed by atoms with Crippen LogP contribution < -0.4 is 11.3 Å². The molecule has 3 rings (SSSR count). The van der Waals surface area contributed by atoms with Crippen molar-refractivity contribution in [3.8, 4) is 0 Å². The molecule has 106 valence electrons. The molecular formula is C16H22N4. The maximum atomic E-state index is 5.81. The van der Waals surface area contributed by atoms with Crippen molar-refractivity contribution in [2.75, 3.05) is 0 Å². The van der Waals surface area contributed by atoms with Crippen LogP contribution in [0.1, 0.15) is 46.5 Å². The van der Waals surface area contributed by atoms with Crippen LogP contribution in [0.15, 0.2) is 24.3 Å². The summed E-state index contributed by atoms with van der Waals surface area (Å²) in [5.74, 6) is 6.41. The first-order valence-electron chi connectivity index (χ1n) is 7.15. The van der Waals surface area contributed by atoms with Gasteiger partial charge in [0.15, 0.2) is 0 Å². The molecule has 1 aliphatic rings. The van der Waals surface area contributed by atoms with E-state index in [1.807, 2.05) is 11.7 Å². The van der Waals surface area contributed by atoms with E-state index in [9.17, 15) is 0 Å². The first-order valence-corrected chi connectivity index (χ1v) is 7.15. The normalized spacial score (nSPS) is 18.5. The Morgan fingerprint density at radius 3 is 2.75 bits per heavy atom. The van der Waals surface area contributed by atoms with E-state index < -0.39 is 0 Å². The van der Waals surface area contributed by atoms with Crippen LogP contribution in [0.25, 0.3) is 0 Å². The van der Waals surface area contributed by atoms with E-state index in [2.05, 4.69) is 48.6 Å². The van der Waals surface area contributed by atoms with Crippen LogP contribution in [0.5, 0.6) is 0 Å². The number of hydrazine groups is 1. The minimum Gasteiger partial charge on any atom is -0.272 e. The Morgan fingerprint density at radius 1 is 1.40 bits per heavy atom. The van der Waals surface area contributed by atoms with Crippen LogP contribution >= 0.6 is 0 Å². The number of benzene rings is 1. The number of aryl methyl sites for hydroxylation is 2. The molecule has 0 aliphatic heterocycles. The van der Waals surface area contributed by atoms with Crippen LogP contribution in [-0.4, -0.2) is 9.78 Å². The predicted octanol–water partition coefficient (Wildman–Crippen LogP) is 2.27. The first kappa shape index (κ1) is 13.3. The Balaban J connectivity index is 1.82. The molecule has 0 spiro atoms. The predicted molar refractivity (Wildman–Crippen MR) is 80.3 cm³/mol. The Labute approximate surface area is 120 Å². The summed E-state index contributed by atoms with van der Waals surface area (Å²) >= 11 is 0. The number of hydrogen-bond donors (Lipinski definition) is 2. The molecule has 1 aromatic carbocycles. The summed E-state index contributed by atoms with van der Waals surface area (Å²) in [5.41, 5.74) is 9.46. The third-order valence-corrected chi connectivity index (χ3v) is 4.60. The van der Waals surface area contributed by atoms with Crippen molar-refractivity contribution in [1.29, 1.82) is 0 Å². The summed E-state index contributed by atoms with van der Waals surface area (Å²) in [6, 6.07) is 8.86. The summed E-state index contributed by atoms with van der Waals surface area (Å²) < 4.78 is 1.93. The monoisotopic (exact) mass is 270 g/mol. The van der Waals surface area contributed by atoms with E-state index in [1.54, 1.807) is 0 Å². The second-order valence-corrected chi connectivity index (χ2v) is 5.76. The number of hydrogen-bond acceptors (Lipinski definition) is 3. The average molecular weight is 270 g/mol. The maximum absolute atomic E-state index is 5.81.